The first-order valence-electron chi connectivity index (χ1n) is 6.35. The van der Waals surface area contributed by atoms with E-state index in [9.17, 15) is 18.7 Å². The molecule has 5 nitrogen and oxygen atoms in total. The second-order valence-corrected chi connectivity index (χ2v) is 5.40. The third-order valence-electron chi connectivity index (χ3n) is 2.35. The summed E-state index contributed by atoms with van der Waals surface area (Å²) in [6.45, 7) is 1.91. The molecular formula is C14H19F2NO4. The zero-order chi connectivity index (χ0) is 16.0. The fourth-order valence-corrected chi connectivity index (χ4v) is 1.57. The van der Waals surface area contributed by atoms with Gasteiger partial charge in [0.15, 0.2) is 6.10 Å². The van der Waals surface area contributed by atoms with Crippen LogP contribution in [0.1, 0.15) is 32.4 Å². The average molecular weight is 303 g/mol. The Morgan fingerprint density at radius 1 is 1.38 bits per heavy atom. The predicted octanol–water partition coefficient (Wildman–Crippen LogP) is 2.85. The number of hydrogen-bond donors (Lipinski definition) is 2. The van der Waals surface area contributed by atoms with Gasteiger partial charge in [0, 0.05) is 5.54 Å². The number of nitrogens with one attached hydrogen (secondary N) is 1. The molecular weight excluding hydrogens is 284 g/mol. The van der Waals surface area contributed by atoms with Crippen molar-refractivity contribution >= 4 is 6.09 Å². The molecule has 118 valence electrons. The summed E-state index contributed by atoms with van der Waals surface area (Å²) in [7, 11) is 0. The maximum Gasteiger partial charge on any atom is 0.408 e. The molecule has 2 N–H and O–H groups in total. The minimum absolute atomic E-state index is 0.0687. The number of aliphatic hydroxyl groups excluding tert-OH is 1. The van der Waals surface area contributed by atoms with E-state index in [2.05, 4.69) is 10.1 Å². The van der Waals surface area contributed by atoms with Crippen molar-refractivity contribution in [1.29, 1.82) is 0 Å². The minimum atomic E-state index is -2.95. The Morgan fingerprint density at radius 3 is 2.57 bits per heavy atom. The molecule has 1 aromatic carbocycles. The van der Waals surface area contributed by atoms with Crippen molar-refractivity contribution in [2.75, 3.05) is 6.61 Å². The number of rotatable bonds is 5. The zero-order valence-electron chi connectivity index (χ0n) is 12.1. The summed E-state index contributed by atoms with van der Waals surface area (Å²) in [5, 5.41) is 11.9. The first-order valence-corrected chi connectivity index (χ1v) is 6.35. The molecule has 0 radical (unpaired) electrons. The number of aliphatic hydroxyl groups is 1. The van der Waals surface area contributed by atoms with Crippen molar-refractivity contribution < 1.29 is 28.2 Å². The number of alkyl carbamates (subject to hydrolysis) is 1. The van der Waals surface area contributed by atoms with Crippen molar-refractivity contribution in [3.05, 3.63) is 29.8 Å². The highest BCUT2D eigenvalue weighted by Crippen LogP contribution is 2.23. The summed E-state index contributed by atoms with van der Waals surface area (Å²) in [5.74, 6) is -0.0687. The lowest BCUT2D eigenvalue weighted by Gasteiger charge is -2.23. The fourth-order valence-electron chi connectivity index (χ4n) is 1.57. The van der Waals surface area contributed by atoms with Crippen molar-refractivity contribution in [3.63, 3.8) is 0 Å². The Balaban J connectivity index is 2.78. The summed E-state index contributed by atoms with van der Waals surface area (Å²) in [6.07, 6.45) is -1.67. The van der Waals surface area contributed by atoms with Crippen LogP contribution in [0.2, 0.25) is 0 Å². The van der Waals surface area contributed by atoms with Gasteiger partial charge < -0.3 is 19.9 Å². The van der Waals surface area contributed by atoms with Crippen LogP contribution < -0.4 is 10.1 Å². The smallest absolute Gasteiger partial charge is 0.408 e. The van der Waals surface area contributed by atoms with Crippen LogP contribution in [0.4, 0.5) is 13.6 Å². The monoisotopic (exact) mass is 303 g/mol. The number of halogens is 2. The first kappa shape index (κ1) is 17.2. The number of carbonyl (C=O) groups excluding carboxylic acids is 1. The molecule has 0 spiro atoms. The molecule has 1 rings (SSSR count). The Bertz CT molecular complexity index is 474. The van der Waals surface area contributed by atoms with Crippen molar-refractivity contribution in [2.45, 2.75) is 39.0 Å². The lowest BCUT2D eigenvalue weighted by atomic mass is 10.1. The van der Waals surface area contributed by atoms with E-state index in [0.29, 0.717) is 5.56 Å². The van der Waals surface area contributed by atoms with Crippen LogP contribution in [0.3, 0.4) is 0 Å². The molecule has 0 aliphatic rings. The maximum absolute atomic E-state index is 12.2. The summed E-state index contributed by atoms with van der Waals surface area (Å²) < 4.78 is 33.7. The minimum Gasteiger partial charge on any atom is -0.439 e. The third-order valence-corrected chi connectivity index (χ3v) is 2.35. The predicted molar refractivity (Wildman–Crippen MR) is 72.3 cm³/mol. The van der Waals surface area contributed by atoms with Crippen LogP contribution >= 0.6 is 0 Å². The van der Waals surface area contributed by atoms with Crippen molar-refractivity contribution in [1.82, 2.24) is 5.32 Å². The first-order chi connectivity index (χ1) is 9.71. The van der Waals surface area contributed by atoms with Crippen LogP contribution in [-0.4, -0.2) is 30.0 Å². The summed E-state index contributed by atoms with van der Waals surface area (Å²) >= 11 is 0. The average Bonchev–Trinajstić information content (AvgIpc) is 2.33. The van der Waals surface area contributed by atoms with Gasteiger partial charge in [0.1, 0.15) is 5.75 Å². The van der Waals surface area contributed by atoms with E-state index in [1.54, 1.807) is 26.8 Å². The van der Waals surface area contributed by atoms with E-state index in [0.717, 1.165) is 0 Å². The van der Waals surface area contributed by atoms with Crippen molar-refractivity contribution in [3.8, 4) is 5.75 Å². The number of benzene rings is 1. The molecule has 1 amide bonds. The zero-order valence-corrected chi connectivity index (χ0v) is 12.1. The molecule has 0 bridgehead atoms. The molecule has 21 heavy (non-hydrogen) atoms. The largest absolute Gasteiger partial charge is 0.439 e. The lowest BCUT2D eigenvalue weighted by Crippen LogP contribution is -2.41. The number of ether oxygens (including phenoxy) is 2. The van der Waals surface area contributed by atoms with E-state index in [4.69, 9.17) is 4.74 Å². The van der Waals surface area contributed by atoms with Crippen LogP contribution in [0.25, 0.3) is 0 Å². The van der Waals surface area contributed by atoms with Gasteiger partial charge in [-0.15, -0.1) is 0 Å². The Kier molecular flexibility index (Phi) is 5.90. The molecule has 0 unspecified atom stereocenters. The molecule has 0 fully saturated rings. The van der Waals surface area contributed by atoms with E-state index < -0.39 is 31.0 Å². The second-order valence-electron chi connectivity index (χ2n) is 5.40. The fraction of sp³-hybridized carbons (Fsp3) is 0.500. The van der Waals surface area contributed by atoms with Gasteiger partial charge in [-0.2, -0.15) is 8.78 Å². The van der Waals surface area contributed by atoms with Gasteiger partial charge in [-0.1, -0.05) is 12.1 Å². The number of carbonyl (C=O) groups is 1. The molecule has 0 saturated carbocycles. The van der Waals surface area contributed by atoms with Gasteiger partial charge in [0.2, 0.25) is 0 Å². The number of hydrogen-bond acceptors (Lipinski definition) is 4. The summed E-state index contributed by atoms with van der Waals surface area (Å²) in [5.41, 5.74) is -0.128. The van der Waals surface area contributed by atoms with Crippen LogP contribution in [-0.2, 0) is 4.74 Å². The Hall–Kier alpha value is -1.89. The van der Waals surface area contributed by atoms with E-state index in [-0.39, 0.29) is 5.75 Å². The van der Waals surface area contributed by atoms with Gasteiger partial charge in [-0.3, -0.25) is 0 Å². The van der Waals surface area contributed by atoms with E-state index in [1.165, 1.54) is 18.2 Å². The topological polar surface area (TPSA) is 67.8 Å². The SMILES string of the molecule is CC(C)(C)NC(=O)O[C@@H](CO)c1cccc(OC(F)F)c1. The molecule has 1 atom stereocenters. The van der Waals surface area contributed by atoms with Crippen LogP contribution in [0.5, 0.6) is 5.75 Å². The van der Waals surface area contributed by atoms with Gasteiger partial charge >= 0.3 is 12.7 Å². The highest BCUT2D eigenvalue weighted by Gasteiger charge is 2.20. The molecule has 0 heterocycles. The highest BCUT2D eigenvalue weighted by molar-refractivity contribution is 5.68. The van der Waals surface area contributed by atoms with Gasteiger partial charge in [-0.25, -0.2) is 4.79 Å². The molecule has 1 aromatic rings. The van der Waals surface area contributed by atoms with Gasteiger partial charge in [-0.05, 0) is 38.5 Å². The number of amides is 1. The molecule has 0 aliphatic heterocycles. The standard InChI is InChI=1S/C14H19F2NO4/c1-14(2,3)17-13(19)21-11(8-18)9-5-4-6-10(7-9)20-12(15)16/h4-7,11-12,18H,8H2,1-3H3,(H,17,19)/t11-/m0/s1. The maximum atomic E-state index is 12.2. The summed E-state index contributed by atoms with van der Waals surface area (Å²) in [6, 6.07) is 5.65. The van der Waals surface area contributed by atoms with Crippen molar-refractivity contribution in [2.24, 2.45) is 0 Å². The third kappa shape index (κ3) is 6.40. The van der Waals surface area contributed by atoms with E-state index >= 15 is 0 Å². The quantitative estimate of drug-likeness (QED) is 0.877. The highest BCUT2D eigenvalue weighted by atomic mass is 19.3. The molecule has 0 aliphatic carbocycles. The van der Waals surface area contributed by atoms with Gasteiger partial charge in [0.05, 0.1) is 6.61 Å². The Labute approximate surface area is 121 Å². The molecule has 7 heteroatoms. The van der Waals surface area contributed by atoms with Crippen LogP contribution in [0, 0.1) is 0 Å². The summed E-state index contributed by atoms with van der Waals surface area (Å²) in [4.78, 5) is 11.7. The van der Waals surface area contributed by atoms with Crippen LogP contribution in [0.15, 0.2) is 24.3 Å². The van der Waals surface area contributed by atoms with E-state index in [1.807, 2.05) is 0 Å². The number of alkyl halides is 2. The second kappa shape index (κ2) is 7.21. The lowest BCUT2D eigenvalue weighted by molar-refractivity contribution is -0.0500. The Morgan fingerprint density at radius 2 is 2.05 bits per heavy atom. The normalized spacial score (nSPS) is 12.9. The molecule has 0 saturated heterocycles. The van der Waals surface area contributed by atoms with Gasteiger partial charge in [0.25, 0.3) is 0 Å². The molecule has 0 aromatic heterocycles.